The number of anilines is 1. The molecule has 0 saturated carbocycles. The van der Waals surface area contributed by atoms with Gasteiger partial charge < -0.3 is 15.7 Å². The first kappa shape index (κ1) is 16.0. The zero-order chi connectivity index (χ0) is 16.5. The number of rotatable bonds is 3. The molecule has 0 saturated heterocycles. The third kappa shape index (κ3) is 3.27. The summed E-state index contributed by atoms with van der Waals surface area (Å²) >= 11 is 0. The highest BCUT2D eigenvalue weighted by molar-refractivity contribution is 6.01. The molecule has 0 bridgehead atoms. The minimum absolute atomic E-state index is 0.0132. The molecule has 118 valence electrons. The van der Waals surface area contributed by atoms with Crippen molar-refractivity contribution >= 4 is 23.5 Å². The average molecular weight is 304 g/mol. The number of benzene rings is 1. The van der Waals surface area contributed by atoms with E-state index in [2.05, 4.69) is 10.6 Å². The highest BCUT2D eigenvalue weighted by atomic mass is 16.4. The van der Waals surface area contributed by atoms with Crippen LogP contribution in [0.25, 0.3) is 0 Å². The van der Waals surface area contributed by atoms with E-state index in [4.69, 9.17) is 0 Å². The quantitative estimate of drug-likeness (QED) is 0.792. The maximum atomic E-state index is 12.5. The fourth-order valence-corrected chi connectivity index (χ4v) is 2.54. The summed E-state index contributed by atoms with van der Waals surface area (Å²) in [6.07, 6.45) is 0.0132. The van der Waals surface area contributed by atoms with Gasteiger partial charge in [-0.1, -0.05) is 39.0 Å². The van der Waals surface area contributed by atoms with Crippen LogP contribution in [0, 0.1) is 5.41 Å². The number of carboxylic acid groups (broad SMARTS) is 1. The Morgan fingerprint density at radius 1 is 1.32 bits per heavy atom. The maximum Gasteiger partial charge on any atom is 0.326 e. The van der Waals surface area contributed by atoms with Crippen LogP contribution in [0.15, 0.2) is 24.3 Å². The number of nitrogens with one attached hydrogen (secondary N) is 2. The van der Waals surface area contributed by atoms with E-state index in [0.717, 1.165) is 0 Å². The van der Waals surface area contributed by atoms with Crippen molar-refractivity contribution in [3.05, 3.63) is 29.8 Å². The van der Waals surface area contributed by atoms with Gasteiger partial charge in [0.15, 0.2) is 0 Å². The van der Waals surface area contributed by atoms with Crippen LogP contribution in [0.1, 0.15) is 38.7 Å². The molecule has 1 aliphatic rings. The van der Waals surface area contributed by atoms with Crippen LogP contribution in [0.2, 0.25) is 0 Å². The lowest BCUT2D eigenvalue weighted by Gasteiger charge is -2.31. The van der Waals surface area contributed by atoms with Gasteiger partial charge in [0, 0.05) is 12.1 Å². The van der Waals surface area contributed by atoms with Crippen LogP contribution in [0.5, 0.6) is 0 Å². The Kier molecular flexibility index (Phi) is 4.21. The molecule has 6 heteroatoms. The van der Waals surface area contributed by atoms with Gasteiger partial charge in [-0.25, -0.2) is 4.79 Å². The zero-order valence-corrected chi connectivity index (χ0v) is 12.8. The van der Waals surface area contributed by atoms with Crippen LogP contribution in [-0.2, 0) is 14.4 Å². The minimum atomic E-state index is -1.09. The Morgan fingerprint density at radius 3 is 2.55 bits per heavy atom. The fourth-order valence-electron chi connectivity index (χ4n) is 2.54. The fraction of sp³-hybridized carbons (Fsp3) is 0.438. The van der Waals surface area contributed by atoms with Crippen LogP contribution in [0.4, 0.5) is 5.69 Å². The average Bonchev–Trinajstić information content (AvgIpc) is 2.41. The molecule has 1 aromatic rings. The number of hydrogen-bond acceptors (Lipinski definition) is 3. The lowest BCUT2D eigenvalue weighted by atomic mass is 9.85. The molecule has 0 aromatic heterocycles. The second-order valence-electron chi connectivity index (χ2n) is 6.54. The topological polar surface area (TPSA) is 95.5 Å². The van der Waals surface area contributed by atoms with Gasteiger partial charge in [0.05, 0.1) is 5.92 Å². The van der Waals surface area contributed by atoms with E-state index in [1.54, 1.807) is 45.0 Å². The Labute approximate surface area is 128 Å². The monoisotopic (exact) mass is 304 g/mol. The number of amides is 2. The Balaban J connectivity index is 2.26. The first-order chi connectivity index (χ1) is 10.2. The first-order valence-electron chi connectivity index (χ1n) is 7.12. The summed E-state index contributed by atoms with van der Waals surface area (Å²) in [5.74, 6) is -2.45. The van der Waals surface area contributed by atoms with Gasteiger partial charge in [-0.05, 0) is 17.0 Å². The summed E-state index contributed by atoms with van der Waals surface area (Å²) in [6.45, 7) is 5.23. The van der Waals surface area contributed by atoms with E-state index in [9.17, 15) is 19.5 Å². The third-order valence-corrected chi connectivity index (χ3v) is 3.72. The first-order valence-corrected chi connectivity index (χ1v) is 7.12. The van der Waals surface area contributed by atoms with Crippen molar-refractivity contribution in [2.45, 2.75) is 39.2 Å². The number of aliphatic carboxylic acids is 1. The molecule has 1 aromatic carbocycles. The van der Waals surface area contributed by atoms with Crippen molar-refractivity contribution in [3.63, 3.8) is 0 Å². The molecule has 2 rings (SSSR count). The number of carboxylic acids is 1. The van der Waals surface area contributed by atoms with Crippen molar-refractivity contribution < 1.29 is 19.5 Å². The van der Waals surface area contributed by atoms with Gasteiger partial charge in [-0.2, -0.15) is 0 Å². The van der Waals surface area contributed by atoms with Crippen molar-refractivity contribution in [3.8, 4) is 0 Å². The van der Waals surface area contributed by atoms with Gasteiger partial charge in [-0.15, -0.1) is 0 Å². The Bertz CT molecular complexity index is 619. The van der Waals surface area contributed by atoms with Gasteiger partial charge in [0.25, 0.3) is 0 Å². The standard InChI is InChI=1S/C16H20N2O4/c1-16(2,3)13(15(21)22)18-14(20)10-8-12(19)17-11-7-5-4-6-9(10)11/h4-7,10,13H,8H2,1-3H3,(H,17,19)(H,18,20)(H,21,22)/t10-,13+/m1/s1. The number of para-hydroxylation sites is 1. The normalized spacial score (nSPS) is 18.9. The molecule has 2 amide bonds. The molecule has 22 heavy (non-hydrogen) atoms. The summed E-state index contributed by atoms with van der Waals surface area (Å²) in [4.78, 5) is 35.6. The summed E-state index contributed by atoms with van der Waals surface area (Å²) in [6, 6.07) is 6.04. The molecule has 0 radical (unpaired) electrons. The lowest BCUT2D eigenvalue weighted by molar-refractivity contribution is -0.145. The summed E-state index contributed by atoms with van der Waals surface area (Å²) in [5.41, 5.74) is 0.678. The molecule has 0 fully saturated rings. The number of fused-ring (bicyclic) bond motifs is 1. The summed E-state index contributed by atoms with van der Waals surface area (Å²) < 4.78 is 0. The van der Waals surface area contributed by atoms with Crippen molar-refractivity contribution in [2.75, 3.05) is 5.32 Å². The SMILES string of the molecule is CC(C)(C)[C@@H](NC(=O)[C@@H]1CC(=O)Nc2ccccc21)C(=O)O. The number of carbonyl (C=O) groups is 3. The van der Waals surface area contributed by atoms with Gasteiger partial charge in [0.2, 0.25) is 11.8 Å². The molecule has 6 nitrogen and oxygen atoms in total. The lowest BCUT2D eigenvalue weighted by Crippen LogP contribution is -2.51. The predicted molar refractivity (Wildman–Crippen MR) is 81.5 cm³/mol. The summed E-state index contributed by atoms with van der Waals surface area (Å²) in [5, 5.41) is 14.6. The van der Waals surface area contributed by atoms with Crippen LogP contribution >= 0.6 is 0 Å². The molecular weight excluding hydrogens is 284 g/mol. The molecule has 3 N–H and O–H groups in total. The zero-order valence-electron chi connectivity index (χ0n) is 12.8. The maximum absolute atomic E-state index is 12.5. The van der Waals surface area contributed by atoms with Crippen molar-refractivity contribution in [1.29, 1.82) is 0 Å². The second kappa shape index (κ2) is 5.79. The van der Waals surface area contributed by atoms with Crippen LogP contribution < -0.4 is 10.6 Å². The van der Waals surface area contributed by atoms with E-state index in [1.165, 1.54) is 0 Å². The second-order valence-corrected chi connectivity index (χ2v) is 6.54. The molecule has 2 atom stereocenters. The van der Waals surface area contributed by atoms with Gasteiger partial charge in [0.1, 0.15) is 6.04 Å². The molecule has 0 unspecified atom stereocenters. The van der Waals surface area contributed by atoms with Gasteiger partial charge in [-0.3, -0.25) is 9.59 Å². The largest absolute Gasteiger partial charge is 0.480 e. The van der Waals surface area contributed by atoms with Gasteiger partial charge >= 0.3 is 5.97 Å². The van der Waals surface area contributed by atoms with Crippen LogP contribution in [-0.4, -0.2) is 28.9 Å². The number of carbonyl (C=O) groups excluding carboxylic acids is 2. The number of hydrogen-bond donors (Lipinski definition) is 3. The van der Waals surface area contributed by atoms with E-state index in [1.807, 2.05) is 0 Å². The Morgan fingerprint density at radius 2 is 1.95 bits per heavy atom. The van der Waals surface area contributed by atoms with E-state index in [0.29, 0.717) is 11.3 Å². The molecule has 1 aliphatic heterocycles. The van der Waals surface area contributed by atoms with Crippen molar-refractivity contribution in [1.82, 2.24) is 5.32 Å². The third-order valence-electron chi connectivity index (χ3n) is 3.72. The van der Waals surface area contributed by atoms with E-state index in [-0.39, 0.29) is 12.3 Å². The summed E-state index contributed by atoms with van der Waals surface area (Å²) in [7, 11) is 0. The highest BCUT2D eigenvalue weighted by Crippen LogP contribution is 2.32. The predicted octanol–water partition coefficient (Wildman–Crippen LogP) is 1.73. The molecule has 1 heterocycles. The highest BCUT2D eigenvalue weighted by Gasteiger charge is 2.37. The minimum Gasteiger partial charge on any atom is -0.480 e. The van der Waals surface area contributed by atoms with E-state index >= 15 is 0 Å². The smallest absolute Gasteiger partial charge is 0.326 e. The molecule has 0 aliphatic carbocycles. The molecular formula is C16H20N2O4. The van der Waals surface area contributed by atoms with Crippen molar-refractivity contribution in [2.24, 2.45) is 5.41 Å². The van der Waals surface area contributed by atoms with E-state index < -0.39 is 29.3 Å². The molecule has 0 spiro atoms. The Hall–Kier alpha value is -2.37. The van der Waals surface area contributed by atoms with Crippen LogP contribution in [0.3, 0.4) is 0 Å².